The number of nitro benzene ring substituents is 1. The molecule has 1 aliphatic heterocycles. The first kappa shape index (κ1) is 21.6. The number of aliphatic carboxylic acids is 1. The summed E-state index contributed by atoms with van der Waals surface area (Å²) in [4.78, 5) is 24.0. The molecule has 0 aliphatic carbocycles. The number of nitrogens with zero attached hydrogens (tertiary/aromatic N) is 2. The summed E-state index contributed by atoms with van der Waals surface area (Å²) in [6.45, 7) is 3.82. The second-order valence-electron chi connectivity index (χ2n) is 7.77. The third kappa shape index (κ3) is 5.72. The second kappa shape index (κ2) is 10.1. The van der Waals surface area contributed by atoms with Crippen LogP contribution in [0, 0.1) is 16.0 Å². The number of hydrogen-bond donors (Lipinski definition) is 1. The smallest absolute Gasteiger partial charge is 0.303 e. The van der Waals surface area contributed by atoms with Crippen LogP contribution in [0.3, 0.4) is 0 Å². The van der Waals surface area contributed by atoms with E-state index in [-0.39, 0.29) is 17.0 Å². The average molecular weight is 412 g/mol. The van der Waals surface area contributed by atoms with Crippen molar-refractivity contribution in [2.45, 2.75) is 45.4 Å². The van der Waals surface area contributed by atoms with Crippen LogP contribution in [-0.4, -0.2) is 29.1 Å². The van der Waals surface area contributed by atoms with E-state index in [4.69, 9.17) is 9.84 Å². The van der Waals surface area contributed by atoms with Gasteiger partial charge in [0.1, 0.15) is 17.2 Å². The molecule has 1 fully saturated rings. The molecule has 1 heterocycles. The maximum Gasteiger partial charge on any atom is 0.303 e. The fourth-order valence-electron chi connectivity index (χ4n) is 3.96. The molecule has 0 spiro atoms. The molecule has 7 nitrogen and oxygen atoms in total. The topological polar surface area (TPSA) is 92.9 Å². The number of rotatable bonds is 9. The highest BCUT2D eigenvalue weighted by molar-refractivity contribution is 5.67. The number of carboxylic acids is 1. The minimum Gasteiger partial charge on any atom is -0.481 e. The molecule has 2 aromatic carbocycles. The van der Waals surface area contributed by atoms with Gasteiger partial charge < -0.3 is 14.7 Å². The fourth-order valence-corrected chi connectivity index (χ4v) is 3.96. The monoisotopic (exact) mass is 412 g/mol. The zero-order valence-corrected chi connectivity index (χ0v) is 17.3. The normalized spacial score (nSPS) is 14.5. The van der Waals surface area contributed by atoms with Gasteiger partial charge in [-0.25, -0.2) is 0 Å². The predicted molar refractivity (Wildman–Crippen MR) is 115 cm³/mol. The van der Waals surface area contributed by atoms with Gasteiger partial charge in [-0.1, -0.05) is 31.9 Å². The molecule has 1 N–H and O–H groups in total. The molecule has 1 aliphatic rings. The molecule has 160 valence electrons. The van der Waals surface area contributed by atoms with Crippen LogP contribution in [0.5, 0.6) is 11.5 Å². The van der Waals surface area contributed by atoms with Crippen molar-refractivity contribution >= 4 is 17.3 Å². The molecule has 0 atom stereocenters. The van der Waals surface area contributed by atoms with E-state index < -0.39 is 5.97 Å². The molecule has 30 heavy (non-hydrogen) atoms. The summed E-state index contributed by atoms with van der Waals surface area (Å²) < 4.78 is 5.92. The van der Waals surface area contributed by atoms with Crippen LogP contribution in [0.1, 0.15) is 44.6 Å². The lowest BCUT2D eigenvalue weighted by Gasteiger charge is -2.33. The van der Waals surface area contributed by atoms with Crippen molar-refractivity contribution in [1.29, 1.82) is 0 Å². The first-order valence-electron chi connectivity index (χ1n) is 10.5. The molecule has 0 aromatic heterocycles. The van der Waals surface area contributed by atoms with E-state index in [9.17, 15) is 14.9 Å². The Morgan fingerprint density at radius 3 is 2.43 bits per heavy atom. The lowest BCUT2D eigenvalue weighted by molar-refractivity contribution is -0.384. The third-order valence-electron chi connectivity index (χ3n) is 5.58. The number of hydrogen-bond acceptors (Lipinski definition) is 5. The van der Waals surface area contributed by atoms with Crippen molar-refractivity contribution in [1.82, 2.24) is 0 Å². The summed E-state index contributed by atoms with van der Waals surface area (Å²) in [6, 6.07) is 12.1. The first-order valence-corrected chi connectivity index (χ1v) is 10.5. The molecule has 1 saturated heterocycles. The molecule has 0 saturated carbocycles. The maximum atomic E-state index is 11.5. The number of nitro groups is 1. The van der Waals surface area contributed by atoms with E-state index >= 15 is 0 Å². The minimum absolute atomic E-state index is 0.0842. The number of benzene rings is 2. The fraction of sp³-hybridized carbons (Fsp3) is 0.435. The van der Waals surface area contributed by atoms with Gasteiger partial charge in [-0.15, -0.1) is 0 Å². The maximum absolute atomic E-state index is 11.5. The zero-order valence-electron chi connectivity index (χ0n) is 17.3. The van der Waals surface area contributed by atoms with Gasteiger partial charge in [0, 0.05) is 31.6 Å². The number of carbonyl (C=O) groups is 1. The average Bonchev–Trinajstić information content (AvgIpc) is 2.74. The van der Waals surface area contributed by atoms with E-state index in [1.807, 2.05) is 12.1 Å². The lowest BCUT2D eigenvalue weighted by atomic mass is 9.92. The number of piperidine rings is 1. The van der Waals surface area contributed by atoms with Crippen LogP contribution in [0.25, 0.3) is 0 Å². The number of ether oxygens (including phenoxy) is 1. The minimum atomic E-state index is -0.826. The van der Waals surface area contributed by atoms with E-state index in [1.165, 1.54) is 18.9 Å². The first-order chi connectivity index (χ1) is 14.5. The summed E-state index contributed by atoms with van der Waals surface area (Å²) in [5, 5.41) is 20.3. The summed E-state index contributed by atoms with van der Waals surface area (Å²) in [6.07, 6.45) is 5.03. The van der Waals surface area contributed by atoms with E-state index in [0.29, 0.717) is 29.5 Å². The Hall–Kier alpha value is -3.09. The van der Waals surface area contributed by atoms with Crippen LogP contribution >= 0.6 is 0 Å². The predicted octanol–water partition coefficient (Wildman–Crippen LogP) is 5.42. The molecule has 0 bridgehead atoms. The van der Waals surface area contributed by atoms with E-state index in [0.717, 1.165) is 31.5 Å². The second-order valence-corrected chi connectivity index (χ2v) is 7.77. The van der Waals surface area contributed by atoms with Gasteiger partial charge in [-0.2, -0.15) is 0 Å². The SMILES string of the molecule is CCCC1CCN(c2cc(Oc3ccc(CCC(=O)O)cc3)ccc2[N+](=O)[O-])CC1. The number of aryl methyl sites for hydroxylation is 1. The Morgan fingerprint density at radius 2 is 1.83 bits per heavy atom. The number of anilines is 1. The van der Waals surface area contributed by atoms with E-state index in [1.54, 1.807) is 24.3 Å². The zero-order chi connectivity index (χ0) is 21.5. The quantitative estimate of drug-likeness (QED) is 0.437. The Labute approximate surface area is 176 Å². The van der Waals surface area contributed by atoms with Gasteiger partial charge >= 0.3 is 5.97 Å². The van der Waals surface area contributed by atoms with Crippen molar-refractivity contribution in [3.8, 4) is 11.5 Å². The highest BCUT2D eigenvalue weighted by atomic mass is 16.6. The van der Waals surface area contributed by atoms with Crippen molar-refractivity contribution in [2.24, 2.45) is 5.92 Å². The Kier molecular flexibility index (Phi) is 7.27. The van der Waals surface area contributed by atoms with Crippen LogP contribution in [0.4, 0.5) is 11.4 Å². The highest BCUT2D eigenvalue weighted by Gasteiger charge is 2.25. The molecule has 0 amide bonds. The molecular weight excluding hydrogens is 384 g/mol. The van der Waals surface area contributed by atoms with Crippen molar-refractivity contribution in [2.75, 3.05) is 18.0 Å². The molecule has 7 heteroatoms. The summed E-state index contributed by atoms with van der Waals surface area (Å²) in [5.74, 6) is 1.02. The van der Waals surface area contributed by atoms with Gasteiger partial charge in [-0.3, -0.25) is 14.9 Å². The van der Waals surface area contributed by atoms with Gasteiger partial charge in [0.15, 0.2) is 0 Å². The summed E-state index contributed by atoms with van der Waals surface area (Å²) in [5.41, 5.74) is 1.62. The molecular formula is C23H28N2O5. The van der Waals surface area contributed by atoms with Gasteiger partial charge in [0.25, 0.3) is 5.69 Å². The third-order valence-corrected chi connectivity index (χ3v) is 5.58. The van der Waals surface area contributed by atoms with Crippen molar-refractivity contribution in [3.05, 3.63) is 58.1 Å². The van der Waals surface area contributed by atoms with Crippen molar-refractivity contribution < 1.29 is 19.6 Å². The lowest BCUT2D eigenvalue weighted by Crippen LogP contribution is -2.34. The summed E-state index contributed by atoms with van der Waals surface area (Å²) >= 11 is 0. The largest absolute Gasteiger partial charge is 0.481 e. The van der Waals surface area contributed by atoms with Gasteiger partial charge in [0.05, 0.1) is 4.92 Å². The molecule has 0 unspecified atom stereocenters. The molecule has 2 aromatic rings. The van der Waals surface area contributed by atoms with Gasteiger partial charge in [0.2, 0.25) is 0 Å². The van der Waals surface area contributed by atoms with Crippen LogP contribution < -0.4 is 9.64 Å². The number of carboxylic acid groups (broad SMARTS) is 1. The van der Waals surface area contributed by atoms with Crippen LogP contribution in [0.15, 0.2) is 42.5 Å². The van der Waals surface area contributed by atoms with Crippen LogP contribution in [0.2, 0.25) is 0 Å². The standard InChI is InChI=1S/C23H28N2O5/c1-2-3-17-12-14-24(15-13-17)22-16-20(9-10-21(22)25(28)29)30-19-7-4-18(5-8-19)6-11-23(26)27/h4-5,7-10,16-17H,2-3,6,11-15H2,1H3,(H,26,27). The molecule has 3 rings (SSSR count). The van der Waals surface area contributed by atoms with Crippen molar-refractivity contribution in [3.63, 3.8) is 0 Å². The molecule has 0 radical (unpaired) electrons. The van der Waals surface area contributed by atoms with E-state index in [2.05, 4.69) is 11.8 Å². The van der Waals surface area contributed by atoms with Crippen LogP contribution in [-0.2, 0) is 11.2 Å². The van der Waals surface area contributed by atoms with Gasteiger partial charge in [-0.05, 0) is 48.9 Å². The summed E-state index contributed by atoms with van der Waals surface area (Å²) in [7, 11) is 0. The Balaban J connectivity index is 1.72. The Morgan fingerprint density at radius 1 is 1.17 bits per heavy atom. The Bertz CT molecular complexity index is 874. The highest BCUT2D eigenvalue weighted by Crippen LogP contribution is 2.36.